The summed E-state index contributed by atoms with van der Waals surface area (Å²) in [5.41, 5.74) is 11.9. The van der Waals surface area contributed by atoms with Crippen molar-refractivity contribution in [2.75, 3.05) is 10.2 Å². The van der Waals surface area contributed by atoms with Crippen molar-refractivity contribution in [2.45, 2.75) is 0 Å². The van der Waals surface area contributed by atoms with E-state index in [0.717, 1.165) is 67.8 Å². The highest BCUT2D eigenvalue weighted by Gasteiger charge is 2.47. The number of para-hydroxylation sites is 5. The Morgan fingerprint density at radius 1 is 0.458 bits per heavy atom. The molecule has 3 aliphatic rings. The Bertz CT molecular complexity index is 2350. The summed E-state index contributed by atoms with van der Waals surface area (Å²) in [6.45, 7) is -0.212. The Balaban J connectivity index is 1.39. The topological polar surface area (TPSA) is 33.7 Å². The maximum Gasteiger partial charge on any atom is 0.254 e. The molecule has 7 aromatic carbocycles. The van der Waals surface area contributed by atoms with Gasteiger partial charge in [0.25, 0.3) is 13.4 Å². The van der Waals surface area contributed by atoms with Crippen molar-refractivity contribution in [1.82, 2.24) is 0 Å². The molecule has 7 aromatic rings. The maximum atomic E-state index is 7.20. The monoisotopic (exact) mass is 614 g/mol. The number of nitrogens with zero attached hydrogens (tertiary/aromatic N) is 1. The summed E-state index contributed by atoms with van der Waals surface area (Å²) in [6.07, 6.45) is 0. The van der Waals surface area contributed by atoms with Crippen LogP contribution in [0.5, 0.6) is 23.0 Å². The number of ether oxygens (including phenoxy) is 2. The fourth-order valence-electron chi connectivity index (χ4n) is 7.85. The molecule has 4 nitrogen and oxygen atoms in total. The van der Waals surface area contributed by atoms with Gasteiger partial charge in [-0.05, 0) is 47.3 Å². The zero-order chi connectivity index (χ0) is 31.6. The summed E-state index contributed by atoms with van der Waals surface area (Å²) in [5.74, 6) is 3.33. The number of rotatable bonds is 3. The lowest BCUT2D eigenvalue weighted by Gasteiger charge is -2.43. The fraction of sp³-hybridized carbons (Fsp3) is 0. The first kappa shape index (κ1) is 27.0. The van der Waals surface area contributed by atoms with Gasteiger partial charge in [-0.15, -0.1) is 0 Å². The van der Waals surface area contributed by atoms with Crippen molar-refractivity contribution in [3.05, 3.63) is 164 Å². The predicted octanol–water partition coefficient (Wildman–Crippen LogP) is 6.46. The molecular formula is C42H28B2N2O2. The lowest BCUT2D eigenvalue weighted by molar-refractivity contribution is 0.475. The minimum absolute atomic E-state index is 0.100. The van der Waals surface area contributed by atoms with Crippen LogP contribution in [0.4, 0.5) is 28.4 Å². The van der Waals surface area contributed by atoms with Gasteiger partial charge in [-0.2, -0.15) is 0 Å². The van der Waals surface area contributed by atoms with Gasteiger partial charge in [-0.3, -0.25) is 0 Å². The molecule has 6 heteroatoms. The Kier molecular flexibility index (Phi) is 6.03. The van der Waals surface area contributed by atoms with E-state index < -0.39 is 0 Å². The molecule has 10 rings (SSSR count). The average Bonchev–Trinajstić information content (AvgIpc) is 3.16. The van der Waals surface area contributed by atoms with E-state index in [1.54, 1.807) is 0 Å². The first-order valence-corrected chi connectivity index (χ1v) is 16.4. The summed E-state index contributed by atoms with van der Waals surface area (Å²) < 4.78 is 14.3. The molecular weight excluding hydrogens is 586 g/mol. The highest BCUT2D eigenvalue weighted by molar-refractivity contribution is 7.00. The van der Waals surface area contributed by atoms with E-state index in [1.165, 1.54) is 16.4 Å². The van der Waals surface area contributed by atoms with Crippen LogP contribution in [-0.2, 0) is 0 Å². The predicted molar refractivity (Wildman–Crippen MR) is 200 cm³/mol. The van der Waals surface area contributed by atoms with Gasteiger partial charge in [0, 0.05) is 22.3 Å². The minimum atomic E-state index is -0.112. The lowest BCUT2D eigenvalue weighted by Crippen LogP contribution is -2.61. The number of hydrogen-bond acceptors (Lipinski definition) is 4. The van der Waals surface area contributed by atoms with Crippen LogP contribution >= 0.6 is 0 Å². The van der Waals surface area contributed by atoms with Crippen molar-refractivity contribution in [1.29, 1.82) is 0 Å². The first-order valence-electron chi connectivity index (χ1n) is 16.4. The third-order valence-electron chi connectivity index (χ3n) is 9.83. The molecule has 3 aliphatic heterocycles. The molecule has 48 heavy (non-hydrogen) atoms. The Hall–Kier alpha value is -6.13. The lowest BCUT2D eigenvalue weighted by atomic mass is 9.32. The molecule has 0 fully saturated rings. The van der Waals surface area contributed by atoms with Crippen LogP contribution in [0.2, 0.25) is 0 Å². The van der Waals surface area contributed by atoms with E-state index in [9.17, 15) is 0 Å². The van der Waals surface area contributed by atoms with Gasteiger partial charge in [-0.25, -0.2) is 0 Å². The van der Waals surface area contributed by atoms with Gasteiger partial charge in [0.05, 0.1) is 17.1 Å². The maximum absolute atomic E-state index is 7.20. The smallest absolute Gasteiger partial charge is 0.254 e. The number of anilines is 5. The van der Waals surface area contributed by atoms with E-state index in [4.69, 9.17) is 9.47 Å². The van der Waals surface area contributed by atoms with Gasteiger partial charge in [0.1, 0.15) is 17.2 Å². The molecule has 0 atom stereocenters. The molecule has 0 aromatic heterocycles. The molecule has 0 radical (unpaired) electrons. The quantitative estimate of drug-likeness (QED) is 0.232. The van der Waals surface area contributed by atoms with Crippen molar-refractivity contribution < 1.29 is 9.47 Å². The van der Waals surface area contributed by atoms with Gasteiger partial charge < -0.3 is 19.7 Å². The molecule has 1 N–H and O–H groups in total. The van der Waals surface area contributed by atoms with Gasteiger partial charge >= 0.3 is 0 Å². The molecule has 0 bridgehead atoms. The molecule has 0 saturated carbocycles. The van der Waals surface area contributed by atoms with Crippen molar-refractivity contribution in [3.8, 4) is 23.0 Å². The Morgan fingerprint density at radius 2 is 1.00 bits per heavy atom. The largest absolute Gasteiger partial charge is 0.456 e. The molecule has 0 amide bonds. The second-order valence-corrected chi connectivity index (χ2v) is 12.5. The van der Waals surface area contributed by atoms with Crippen LogP contribution in [0.3, 0.4) is 0 Å². The van der Waals surface area contributed by atoms with Crippen LogP contribution < -0.4 is 52.5 Å². The molecule has 0 aliphatic carbocycles. The number of nitrogens with one attached hydrogen (secondary N) is 1. The van der Waals surface area contributed by atoms with Crippen LogP contribution in [0, 0.1) is 0 Å². The van der Waals surface area contributed by atoms with Gasteiger partial charge in [0.2, 0.25) is 0 Å². The van der Waals surface area contributed by atoms with Crippen LogP contribution in [0.15, 0.2) is 164 Å². The van der Waals surface area contributed by atoms with E-state index in [0.29, 0.717) is 0 Å². The molecule has 224 valence electrons. The van der Waals surface area contributed by atoms with Crippen molar-refractivity contribution in [2.24, 2.45) is 0 Å². The minimum Gasteiger partial charge on any atom is -0.456 e. The second-order valence-electron chi connectivity index (χ2n) is 12.5. The SMILES string of the molecule is c1ccc(B2c3ccccc3Oc3c2c2c(c4c3N(c3ccccc3)c3ccccc3B4c3ccccc3)Oc3ccccc3N2)cc1. The molecule has 0 saturated heterocycles. The molecule has 3 heterocycles. The second kappa shape index (κ2) is 10.7. The zero-order valence-electron chi connectivity index (χ0n) is 26.0. The highest BCUT2D eigenvalue weighted by Crippen LogP contribution is 2.50. The van der Waals surface area contributed by atoms with Gasteiger partial charge in [-0.1, -0.05) is 138 Å². The van der Waals surface area contributed by atoms with Gasteiger partial charge in [0.15, 0.2) is 5.75 Å². The van der Waals surface area contributed by atoms with E-state index >= 15 is 0 Å². The first-order chi connectivity index (χ1) is 23.8. The zero-order valence-corrected chi connectivity index (χ0v) is 26.0. The summed E-state index contributed by atoms with van der Waals surface area (Å²) in [5, 5.41) is 3.88. The Morgan fingerprint density at radius 3 is 1.73 bits per heavy atom. The Labute approximate surface area is 280 Å². The average molecular weight is 614 g/mol. The molecule has 0 unspecified atom stereocenters. The van der Waals surface area contributed by atoms with E-state index in [1.807, 2.05) is 18.2 Å². The van der Waals surface area contributed by atoms with Crippen molar-refractivity contribution in [3.63, 3.8) is 0 Å². The van der Waals surface area contributed by atoms with Crippen LogP contribution in [-0.4, -0.2) is 13.4 Å². The van der Waals surface area contributed by atoms with E-state index in [2.05, 4.69) is 156 Å². The van der Waals surface area contributed by atoms with E-state index in [-0.39, 0.29) is 13.4 Å². The summed E-state index contributed by atoms with van der Waals surface area (Å²) in [4.78, 5) is 2.38. The third kappa shape index (κ3) is 3.99. The number of benzene rings is 7. The standard InChI is InChI=1S/C42H28B2N2O2/c1-4-16-28(17-5-1)43-31-22-10-13-25-34(31)46(30-20-8-3-9-21-30)40-38(43)41-39(45-33-24-12-15-27-36(33)48-41)37-42(40)47-35-26-14-11-23-32(35)44(37)29-18-6-2-7-19-29/h1-27,45H. The fourth-order valence-corrected chi connectivity index (χ4v) is 7.85. The summed E-state index contributed by atoms with van der Waals surface area (Å²) in [7, 11) is 0. The summed E-state index contributed by atoms with van der Waals surface area (Å²) >= 11 is 0. The number of hydrogen-bond donors (Lipinski definition) is 1. The molecule has 0 spiro atoms. The summed E-state index contributed by atoms with van der Waals surface area (Å²) in [6, 6.07) is 57.6. The van der Waals surface area contributed by atoms with Crippen molar-refractivity contribution >= 4 is 74.6 Å². The highest BCUT2D eigenvalue weighted by atomic mass is 16.5. The number of fused-ring (bicyclic) bond motifs is 9. The third-order valence-corrected chi connectivity index (χ3v) is 9.83. The van der Waals surface area contributed by atoms with Crippen LogP contribution in [0.25, 0.3) is 0 Å². The van der Waals surface area contributed by atoms with Crippen LogP contribution in [0.1, 0.15) is 0 Å². The normalized spacial score (nSPS) is 13.4.